The van der Waals surface area contributed by atoms with Crippen LogP contribution in [0, 0.1) is 10.7 Å². The van der Waals surface area contributed by atoms with Gasteiger partial charge in [-0.25, -0.2) is 0 Å². The van der Waals surface area contributed by atoms with Crippen LogP contribution in [0.4, 0.5) is 5.69 Å². The monoisotopic (exact) mass is 513 g/mol. The number of benzene rings is 1. The molecule has 1 nitrogen and oxygen atoms in total. The first-order valence-electron chi connectivity index (χ1n) is 4.03. The lowest BCUT2D eigenvalue weighted by molar-refractivity contribution is 0.977. The topological polar surface area (TPSA) is 12.0 Å². The van der Waals surface area contributed by atoms with Crippen LogP contribution in [0.2, 0.25) is 0 Å². The molecule has 0 saturated heterocycles. The zero-order valence-electron chi connectivity index (χ0n) is 7.20. The van der Waals surface area contributed by atoms with Crippen LogP contribution in [-0.4, -0.2) is 6.54 Å². The molecule has 0 amide bonds. The minimum Gasteiger partial charge on any atom is -0.383 e. The highest BCUT2D eigenvalue weighted by atomic mass is 127. The molecule has 0 heterocycles. The highest BCUT2D eigenvalue weighted by molar-refractivity contribution is 14.1. The van der Waals surface area contributed by atoms with Crippen molar-refractivity contribution in [1.82, 2.24) is 0 Å². The summed E-state index contributed by atoms with van der Waals surface area (Å²) in [6, 6.07) is 4.39. The summed E-state index contributed by atoms with van der Waals surface area (Å²) in [5.74, 6) is 0. The van der Waals surface area contributed by atoms with Crippen LogP contribution in [-0.2, 0) is 0 Å². The van der Waals surface area contributed by atoms with E-state index in [1.54, 1.807) is 0 Å². The highest BCUT2D eigenvalue weighted by Crippen LogP contribution is 2.27. The van der Waals surface area contributed by atoms with Crippen molar-refractivity contribution < 1.29 is 0 Å². The van der Waals surface area contributed by atoms with E-state index in [2.05, 4.69) is 92.1 Å². The van der Waals surface area contributed by atoms with Crippen molar-refractivity contribution in [2.24, 2.45) is 0 Å². The molecule has 0 atom stereocenters. The lowest BCUT2D eigenvalue weighted by Crippen LogP contribution is -2.03. The van der Waals surface area contributed by atoms with Gasteiger partial charge in [0.25, 0.3) is 0 Å². The van der Waals surface area contributed by atoms with Crippen molar-refractivity contribution in [3.05, 3.63) is 22.8 Å². The SMILES string of the molecule is CCCNc1c(I)cc(I)cc1I. The molecular formula is C9H10I3N. The Hall–Kier alpha value is 1.21. The molecule has 1 aromatic carbocycles. The van der Waals surface area contributed by atoms with Gasteiger partial charge in [-0.3, -0.25) is 0 Å². The Morgan fingerprint density at radius 1 is 1.15 bits per heavy atom. The van der Waals surface area contributed by atoms with Gasteiger partial charge in [0.2, 0.25) is 0 Å². The summed E-state index contributed by atoms with van der Waals surface area (Å²) in [6.07, 6.45) is 1.16. The van der Waals surface area contributed by atoms with E-state index in [0.29, 0.717) is 0 Å². The molecule has 1 aromatic rings. The molecule has 0 saturated carbocycles. The van der Waals surface area contributed by atoms with Crippen molar-refractivity contribution in [2.45, 2.75) is 13.3 Å². The second kappa shape index (κ2) is 5.94. The molecule has 0 aromatic heterocycles. The fourth-order valence-corrected chi connectivity index (χ4v) is 4.93. The van der Waals surface area contributed by atoms with Crippen LogP contribution >= 0.6 is 67.8 Å². The average Bonchev–Trinajstić information content (AvgIpc) is 2.02. The van der Waals surface area contributed by atoms with Crippen LogP contribution in [0.15, 0.2) is 12.1 Å². The van der Waals surface area contributed by atoms with E-state index < -0.39 is 0 Å². The summed E-state index contributed by atoms with van der Waals surface area (Å²) in [4.78, 5) is 0. The minimum absolute atomic E-state index is 1.05. The van der Waals surface area contributed by atoms with Gasteiger partial charge in [0.15, 0.2) is 0 Å². The van der Waals surface area contributed by atoms with Crippen molar-refractivity contribution >= 4 is 73.5 Å². The number of hydrogen-bond acceptors (Lipinski definition) is 1. The van der Waals surface area contributed by atoms with E-state index in [1.807, 2.05) is 0 Å². The van der Waals surface area contributed by atoms with E-state index in [9.17, 15) is 0 Å². The molecule has 0 spiro atoms. The van der Waals surface area contributed by atoms with E-state index >= 15 is 0 Å². The highest BCUT2D eigenvalue weighted by Gasteiger charge is 2.04. The minimum atomic E-state index is 1.05. The van der Waals surface area contributed by atoms with Crippen molar-refractivity contribution in [3.8, 4) is 0 Å². The fourth-order valence-electron chi connectivity index (χ4n) is 0.961. The van der Waals surface area contributed by atoms with Crippen LogP contribution in [0.25, 0.3) is 0 Å². The lowest BCUT2D eigenvalue weighted by atomic mass is 10.3. The van der Waals surface area contributed by atoms with Gasteiger partial charge in [-0.05, 0) is 86.3 Å². The predicted molar refractivity (Wildman–Crippen MR) is 83.4 cm³/mol. The standard InChI is InChI=1S/C9H10I3N/c1-2-3-13-9-7(11)4-6(10)5-8(9)12/h4-5,13H,2-3H2,1H3. The Labute approximate surface area is 120 Å². The van der Waals surface area contributed by atoms with Gasteiger partial charge < -0.3 is 5.32 Å². The van der Waals surface area contributed by atoms with Gasteiger partial charge in [0, 0.05) is 17.3 Å². The normalized spacial score (nSPS) is 10.2. The molecule has 4 heteroatoms. The summed E-state index contributed by atoms with van der Waals surface area (Å²) in [6.45, 7) is 3.23. The average molecular weight is 513 g/mol. The van der Waals surface area contributed by atoms with Crippen molar-refractivity contribution in [1.29, 1.82) is 0 Å². The van der Waals surface area contributed by atoms with Gasteiger partial charge in [-0.15, -0.1) is 0 Å². The second-order valence-electron chi connectivity index (χ2n) is 2.67. The molecule has 1 N–H and O–H groups in total. The summed E-state index contributed by atoms with van der Waals surface area (Å²) in [5.41, 5.74) is 1.28. The molecule has 72 valence electrons. The molecule has 1 rings (SSSR count). The Morgan fingerprint density at radius 3 is 2.15 bits per heavy atom. The predicted octanol–water partition coefficient (Wildman–Crippen LogP) is 4.32. The molecule has 0 aliphatic rings. The first kappa shape index (κ1) is 12.3. The van der Waals surface area contributed by atoms with Crippen LogP contribution in [0.3, 0.4) is 0 Å². The second-order valence-corrected chi connectivity index (χ2v) is 6.24. The zero-order chi connectivity index (χ0) is 9.84. The summed E-state index contributed by atoms with van der Waals surface area (Å²) in [7, 11) is 0. The quantitative estimate of drug-likeness (QED) is 0.595. The van der Waals surface area contributed by atoms with E-state index in [1.165, 1.54) is 16.4 Å². The van der Waals surface area contributed by atoms with Crippen molar-refractivity contribution in [3.63, 3.8) is 0 Å². The third-order valence-corrected chi connectivity index (χ3v) is 3.88. The van der Waals surface area contributed by atoms with E-state index in [0.717, 1.165) is 13.0 Å². The maximum atomic E-state index is 3.44. The number of rotatable bonds is 3. The van der Waals surface area contributed by atoms with E-state index in [4.69, 9.17) is 0 Å². The van der Waals surface area contributed by atoms with Gasteiger partial charge in [-0.1, -0.05) is 6.92 Å². The molecule has 0 fully saturated rings. The number of hydrogen-bond donors (Lipinski definition) is 1. The number of halogens is 3. The molecule has 0 aliphatic heterocycles. The first-order chi connectivity index (χ1) is 6.15. The largest absolute Gasteiger partial charge is 0.383 e. The molecular weight excluding hydrogens is 503 g/mol. The molecule has 0 bridgehead atoms. The van der Waals surface area contributed by atoms with Crippen LogP contribution in [0.1, 0.15) is 13.3 Å². The summed E-state index contributed by atoms with van der Waals surface area (Å²) in [5, 5.41) is 3.44. The Bertz CT molecular complexity index is 276. The molecule has 13 heavy (non-hydrogen) atoms. The Balaban J connectivity index is 2.92. The van der Waals surface area contributed by atoms with Gasteiger partial charge in [-0.2, -0.15) is 0 Å². The van der Waals surface area contributed by atoms with Crippen LogP contribution < -0.4 is 5.32 Å². The number of nitrogens with one attached hydrogen (secondary N) is 1. The number of anilines is 1. The Kier molecular flexibility index (Phi) is 5.61. The van der Waals surface area contributed by atoms with Gasteiger partial charge in [0.1, 0.15) is 0 Å². The summed E-state index contributed by atoms with van der Waals surface area (Å²) < 4.78 is 3.91. The maximum absolute atomic E-state index is 3.44. The smallest absolute Gasteiger partial charge is 0.0612 e. The third kappa shape index (κ3) is 3.69. The first-order valence-corrected chi connectivity index (χ1v) is 7.27. The maximum Gasteiger partial charge on any atom is 0.0612 e. The fraction of sp³-hybridized carbons (Fsp3) is 0.333. The van der Waals surface area contributed by atoms with Gasteiger partial charge >= 0.3 is 0 Å². The molecule has 0 unspecified atom stereocenters. The van der Waals surface area contributed by atoms with Crippen molar-refractivity contribution in [2.75, 3.05) is 11.9 Å². The van der Waals surface area contributed by atoms with Crippen LogP contribution in [0.5, 0.6) is 0 Å². The Morgan fingerprint density at radius 2 is 1.69 bits per heavy atom. The molecule has 0 radical (unpaired) electrons. The third-order valence-electron chi connectivity index (χ3n) is 1.56. The van der Waals surface area contributed by atoms with Gasteiger partial charge in [0.05, 0.1) is 5.69 Å². The summed E-state index contributed by atoms with van der Waals surface area (Å²) >= 11 is 7.11. The lowest BCUT2D eigenvalue weighted by Gasteiger charge is -2.10. The molecule has 0 aliphatic carbocycles. The zero-order valence-corrected chi connectivity index (χ0v) is 13.7. The van der Waals surface area contributed by atoms with E-state index in [-0.39, 0.29) is 0 Å².